The van der Waals surface area contributed by atoms with E-state index in [2.05, 4.69) is 16.4 Å². The first-order chi connectivity index (χ1) is 12.7. The number of benzene rings is 3. The van der Waals surface area contributed by atoms with E-state index in [1.165, 1.54) is 0 Å². The van der Waals surface area contributed by atoms with E-state index in [0.717, 1.165) is 32.9 Å². The number of ether oxygens (including phenoxy) is 1. The molecule has 2 heterocycles. The van der Waals surface area contributed by atoms with Gasteiger partial charge < -0.3 is 9.15 Å². The summed E-state index contributed by atoms with van der Waals surface area (Å²) in [5.74, 6) is 0.0473. The van der Waals surface area contributed by atoms with Gasteiger partial charge in [-0.1, -0.05) is 35.5 Å². The lowest BCUT2D eigenvalue weighted by molar-refractivity contribution is 0.214. The van der Waals surface area contributed by atoms with Crippen molar-refractivity contribution in [3.05, 3.63) is 60.7 Å². The highest BCUT2D eigenvalue weighted by molar-refractivity contribution is 6.61. The topological polar surface area (TPSA) is 70.2 Å². The second kappa shape index (κ2) is 5.57. The smallest absolute Gasteiger partial charge is 0.411 e. The second-order valence-electron chi connectivity index (χ2n) is 5.78. The Morgan fingerprint density at radius 3 is 2.77 bits per heavy atom. The Balaban J connectivity index is 1.72. The fraction of sp³-hybridized carbons (Fsp3) is 0. The average molecular weight is 364 g/mol. The van der Waals surface area contributed by atoms with Gasteiger partial charge in [0.2, 0.25) is 0 Å². The molecule has 0 bridgehead atoms. The minimum absolute atomic E-state index is 0.0473. The third-order valence-electron chi connectivity index (χ3n) is 4.24. The minimum atomic E-state index is -0.946. The summed E-state index contributed by atoms with van der Waals surface area (Å²) in [7, 11) is 0. The summed E-state index contributed by atoms with van der Waals surface area (Å²) in [5.41, 5.74) is 2.12. The molecule has 5 aromatic rings. The van der Waals surface area contributed by atoms with Crippen LogP contribution in [0.1, 0.15) is 0 Å². The predicted molar refractivity (Wildman–Crippen MR) is 98.0 cm³/mol. The van der Waals surface area contributed by atoms with Crippen molar-refractivity contribution in [2.45, 2.75) is 0 Å². The van der Waals surface area contributed by atoms with E-state index in [-0.39, 0.29) is 5.95 Å². The van der Waals surface area contributed by atoms with Crippen LogP contribution in [0.4, 0.5) is 4.79 Å². The third kappa shape index (κ3) is 2.31. The molecule has 6 nitrogen and oxygen atoms in total. The molecule has 0 fully saturated rings. The quantitative estimate of drug-likeness (QED) is 0.410. The van der Waals surface area contributed by atoms with Gasteiger partial charge in [0.05, 0.1) is 5.69 Å². The number of fused-ring (bicyclic) bond motifs is 4. The molecule has 3 aromatic carbocycles. The second-order valence-corrected chi connectivity index (χ2v) is 6.09. The van der Waals surface area contributed by atoms with Crippen LogP contribution in [0.5, 0.6) is 5.95 Å². The summed E-state index contributed by atoms with van der Waals surface area (Å²) in [5, 5.41) is 11.5. The Morgan fingerprint density at radius 1 is 1.04 bits per heavy atom. The average Bonchev–Trinajstić information content (AvgIpc) is 3.23. The Morgan fingerprint density at radius 2 is 1.88 bits per heavy atom. The molecule has 0 aliphatic carbocycles. The van der Waals surface area contributed by atoms with E-state index in [9.17, 15) is 4.79 Å². The lowest BCUT2D eigenvalue weighted by atomic mass is 10.1. The molecule has 7 heteroatoms. The van der Waals surface area contributed by atoms with Crippen LogP contribution >= 0.6 is 11.6 Å². The van der Waals surface area contributed by atoms with Crippen LogP contribution in [0.3, 0.4) is 0 Å². The number of halogens is 1. The van der Waals surface area contributed by atoms with Crippen LogP contribution in [0.15, 0.2) is 65.1 Å². The van der Waals surface area contributed by atoms with Crippen molar-refractivity contribution in [2.24, 2.45) is 0 Å². The number of hydrogen-bond acceptors (Lipinski definition) is 5. The first kappa shape index (κ1) is 14.9. The summed E-state index contributed by atoms with van der Waals surface area (Å²) >= 11 is 5.23. The number of carbonyl (C=O) groups is 1. The number of nitrogens with zero attached hydrogens (tertiary/aromatic N) is 3. The standard InChI is InChI=1S/C19H10ClN3O3/c20-19(24)26-17-9-12-5-7-13(10-16(12)25-17)23-18-14-4-2-1-3-11(14)6-8-15(18)21-22-23/h1-10H. The van der Waals surface area contributed by atoms with Gasteiger partial charge in [-0.05, 0) is 23.6 Å². The first-order valence-corrected chi connectivity index (χ1v) is 8.21. The molecule has 0 radical (unpaired) electrons. The molecule has 0 spiro atoms. The monoisotopic (exact) mass is 363 g/mol. The fourth-order valence-corrected chi connectivity index (χ4v) is 3.20. The zero-order valence-corrected chi connectivity index (χ0v) is 14.0. The van der Waals surface area contributed by atoms with Crippen molar-refractivity contribution >= 4 is 49.8 Å². The van der Waals surface area contributed by atoms with E-state index in [1.54, 1.807) is 10.7 Å². The molecule has 0 saturated carbocycles. The van der Waals surface area contributed by atoms with Crippen LogP contribution in [0, 0.1) is 0 Å². The van der Waals surface area contributed by atoms with Gasteiger partial charge in [0.1, 0.15) is 16.6 Å². The summed E-state index contributed by atoms with van der Waals surface area (Å²) in [6, 6.07) is 19.2. The number of carbonyl (C=O) groups excluding carboxylic acids is 1. The maximum Gasteiger partial charge on any atom is 0.411 e. The minimum Gasteiger partial charge on any atom is -0.425 e. The van der Waals surface area contributed by atoms with E-state index >= 15 is 0 Å². The molecular formula is C19H10ClN3O3. The maximum absolute atomic E-state index is 10.9. The molecule has 26 heavy (non-hydrogen) atoms. The van der Waals surface area contributed by atoms with Crippen LogP contribution in [0.2, 0.25) is 0 Å². The molecule has 0 atom stereocenters. The number of hydrogen-bond donors (Lipinski definition) is 0. The summed E-state index contributed by atoms with van der Waals surface area (Å²) in [6.07, 6.45) is 0. The van der Waals surface area contributed by atoms with Crippen molar-refractivity contribution in [1.82, 2.24) is 15.0 Å². The van der Waals surface area contributed by atoms with Gasteiger partial charge >= 0.3 is 5.43 Å². The molecule has 2 aromatic heterocycles. The first-order valence-electron chi connectivity index (χ1n) is 7.83. The lowest BCUT2D eigenvalue weighted by Gasteiger charge is -2.05. The third-order valence-corrected chi connectivity index (χ3v) is 4.32. The summed E-state index contributed by atoms with van der Waals surface area (Å²) in [6.45, 7) is 0. The Hall–Kier alpha value is -3.38. The Bertz CT molecular complexity index is 1310. The Kier molecular flexibility index (Phi) is 3.20. The molecule has 5 rings (SSSR count). The predicted octanol–water partition coefficient (Wildman–Crippen LogP) is 5.06. The van der Waals surface area contributed by atoms with Crippen molar-refractivity contribution in [1.29, 1.82) is 0 Å². The number of furan rings is 1. The van der Waals surface area contributed by atoms with Crippen LogP contribution in [-0.4, -0.2) is 20.4 Å². The van der Waals surface area contributed by atoms with Crippen molar-refractivity contribution < 1.29 is 13.9 Å². The SMILES string of the molecule is O=C(Cl)Oc1cc2ccc(-n3nnc4ccc5ccccc5c43)cc2o1. The highest BCUT2D eigenvalue weighted by Gasteiger charge is 2.13. The van der Waals surface area contributed by atoms with Gasteiger partial charge in [-0.15, -0.1) is 5.10 Å². The van der Waals surface area contributed by atoms with Gasteiger partial charge in [0, 0.05) is 34.5 Å². The largest absolute Gasteiger partial charge is 0.425 e. The van der Waals surface area contributed by atoms with E-state index < -0.39 is 5.43 Å². The lowest BCUT2D eigenvalue weighted by Crippen LogP contribution is -1.96. The summed E-state index contributed by atoms with van der Waals surface area (Å²) < 4.78 is 12.1. The molecule has 0 N–H and O–H groups in total. The van der Waals surface area contributed by atoms with Gasteiger partial charge in [-0.3, -0.25) is 0 Å². The molecule has 0 amide bonds. The van der Waals surface area contributed by atoms with Gasteiger partial charge in [0.25, 0.3) is 5.95 Å². The van der Waals surface area contributed by atoms with Crippen molar-refractivity contribution in [3.63, 3.8) is 0 Å². The highest BCUT2D eigenvalue weighted by atomic mass is 35.5. The fourth-order valence-electron chi connectivity index (χ4n) is 3.12. The zero-order chi connectivity index (χ0) is 17.7. The molecular weight excluding hydrogens is 354 g/mol. The van der Waals surface area contributed by atoms with Crippen LogP contribution < -0.4 is 4.74 Å². The van der Waals surface area contributed by atoms with Crippen LogP contribution in [-0.2, 0) is 0 Å². The number of aromatic nitrogens is 3. The van der Waals surface area contributed by atoms with E-state index in [1.807, 2.05) is 48.5 Å². The van der Waals surface area contributed by atoms with E-state index in [0.29, 0.717) is 5.58 Å². The zero-order valence-electron chi connectivity index (χ0n) is 13.2. The normalized spacial score (nSPS) is 11.4. The van der Waals surface area contributed by atoms with E-state index in [4.69, 9.17) is 20.8 Å². The van der Waals surface area contributed by atoms with Gasteiger partial charge in [-0.2, -0.15) is 0 Å². The van der Waals surface area contributed by atoms with Crippen LogP contribution in [0.25, 0.3) is 38.5 Å². The van der Waals surface area contributed by atoms with Crippen molar-refractivity contribution in [3.8, 4) is 11.6 Å². The Labute approximate surface area is 151 Å². The maximum atomic E-state index is 10.9. The molecule has 0 aliphatic heterocycles. The number of rotatable bonds is 2. The molecule has 0 saturated heterocycles. The summed E-state index contributed by atoms with van der Waals surface area (Å²) in [4.78, 5) is 10.9. The molecule has 0 unspecified atom stereocenters. The highest BCUT2D eigenvalue weighted by Crippen LogP contribution is 2.30. The van der Waals surface area contributed by atoms with Gasteiger partial charge in [-0.25, -0.2) is 9.48 Å². The molecule has 0 aliphatic rings. The van der Waals surface area contributed by atoms with Gasteiger partial charge in [0.15, 0.2) is 0 Å². The molecule has 126 valence electrons. The van der Waals surface area contributed by atoms with Crippen molar-refractivity contribution in [2.75, 3.05) is 0 Å².